The van der Waals surface area contributed by atoms with Crippen LogP contribution in [-0.4, -0.2) is 65.1 Å². The molecule has 1 saturated heterocycles. The minimum atomic E-state index is -3.51. The lowest BCUT2D eigenvalue weighted by Crippen LogP contribution is -2.40. The third kappa shape index (κ3) is 8.27. The van der Waals surface area contributed by atoms with Crippen molar-refractivity contribution in [3.8, 4) is 0 Å². The first-order valence-electron chi connectivity index (χ1n) is 11.6. The van der Waals surface area contributed by atoms with Crippen molar-refractivity contribution in [1.29, 1.82) is 0 Å². The zero-order chi connectivity index (χ0) is 22.5. The lowest BCUT2D eigenvalue weighted by atomic mass is 10.2. The molecule has 4 N–H and O–H groups in total. The molecule has 2 aromatic carbocycles. The maximum absolute atomic E-state index is 13.3. The topological polar surface area (TPSA) is 85.5 Å². The van der Waals surface area contributed by atoms with Crippen LogP contribution in [0.25, 0.3) is 0 Å². The van der Waals surface area contributed by atoms with Crippen molar-refractivity contribution in [3.63, 3.8) is 0 Å². The fourth-order valence-electron chi connectivity index (χ4n) is 3.70. The van der Waals surface area contributed by atoms with Crippen LogP contribution in [-0.2, 0) is 23.1 Å². The summed E-state index contributed by atoms with van der Waals surface area (Å²) in [6, 6.07) is 17.5. The first kappa shape index (κ1) is 24.8. The van der Waals surface area contributed by atoms with Gasteiger partial charge in [-0.2, -0.15) is 4.31 Å². The highest BCUT2D eigenvalue weighted by Crippen LogP contribution is 2.17. The zero-order valence-corrected chi connectivity index (χ0v) is 19.7. The van der Waals surface area contributed by atoms with Gasteiger partial charge in [-0.1, -0.05) is 42.5 Å². The van der Waals surface area contributed by atoms with Gasteiger partial charge in [0.15, 0.2) is 0 Å². The molecule has 1 fully saturated rings. The van der Waals surface area contributed by atoms with Gasteiger partial charge in [0.1, 0.15) is 0 Å². The number of hydrogen-bond acceptors (Lipinski definition) is 6. The van der Waals surface area contributed by atoms with E-state index in [4.69, 9.17) is 0 Å². The lowest BCUT2D eigenvalue weighted by molar-refractivity contribution is 0.391. The summed E-state index contributed by atoms with van der Waals surface area (Å²) in [6.07, 6.45) is 1.83. The maximum Gasteiger partial charge on any atom is 0.243 e. The second kappa shape index (κ2) is 13.7. The van der Waals surface area contributed by atoms with Gasteiger partial charge in [0, 0.05) is 45.8 Å². The van der Waals surface area contributed by atoms with E-state index < -0.39 is 10.0 Å². The van der Waals surface area contributed by atoms with Crippen LogP contribution in [0.15, 0.2) is 59.5 Å². The summed E-state index contributed by atoms with van der Waals surface area (Å²) in [5.74, 6) is 0. The van der Waals surface area contributed by atoms with Crippen LogP contribution < -0.4 is 21.3 Å². The fraction of sp³-hybridized carbons (Fsp3) is 0.500. The molecule has 0 aliphatic carbocycles. The Labute approximate surface area is 193 Å². The molecule has 0 saturated carbocycles. The van der Waals surface area contributed by atoms with Gasteiger partial charge >= 0.3 is 0 Å². The minimum Gasteiger partial charge on any atom is -0.315 e. The van der Waals surface area contributed by atoms with Gasteiger partial charge in [0.05, 0.1) is 4.90 Å². The summed E-state index contributed by atoms with van der Waals surface area (Å²) < 4.78 is 28.2. The monoisotopic (exact) mass is 459 g/mol. The van der Waals surface area contributed by atoms with Crippen molar-refractivity contribution in [2.24, 2.45) is 0 Å². The third-order valence-corrected chi connectivity index (χ3v) is 7.46. The molecule has 0 bridgehead atoms. The summed E-state index contributed by atoms with van der Waals surface area (Å²) >= 11 is 0. The fourth-order valence-corrected chi connectivity index (χ4v) is 5.18. The SMILES string of the molecule is O=S(=O)(c1ccc(CNCc2ccccc2)cc1)N1CCCNCCNCCCNCC1. The number of benzene rings is 2. The van der Waals surface area contributed by atoms with Crippen molar-refractivity contribution >= 4 is 10.0 Å². The van der Waals surface area contributed by atoms with Crippen LogP contribution in [0, 0.1) is 0 Å². The highest BCUT2D eigenvalue weighted by atomic mass is 32.2. The average molecular weight is 460 g/mol. The van der Waals surface area contributed by atoms with Gasteiger partial charge in [-0.05, 0) is 55.7 Å². The molecule has 0 amide bonds. The number of nitrogens with zero attached hydrogens (tertiary/aromatic N) is 1. The van der Waals surface area contributed by atoms with E-state index in [1.165, 1.54) is 5.56 Å². The molecule has 0 atom stereocenters. The molecular weight excluding hydrogens is 422 g/mol. The molecule has 1 aliphatic rings. The predicted octanol–water partition coefficient (Wildman–Crippen LogP) is 1.53. The molecular formula is C24H37N5O2S. The highest BCUT2D eigenvalue weighted by molar-refractivity contribution is 7.89. The van der Waals surface area contributed by atoms with Crippen LogP contribution in [0.3, 0.4) is 0 Å². The molecule has 0 unspecified atom stereocenters. The Morgan fingerprint density at radius 2 is 1.28 bits per heavy atom. The number of nitrogens with one attached hydrogen (secondary N) is 4. The first-order chi connectivity index (χ1) is 15.7. The molecule has 32 heavy (non-hydrogen) atoms. The standard InChI is InChI=1S/C24H37N5O2S/c30-32(31,29-18-5-14-26-16-15-25-12-4-13-27-17-19-29)24-10-8-23(9-11-24)21-28-20-22-6-2-1-3-7-22/h1-3,6-11,25-28H,4-5,12-21H2. The van der Waals surface area contributed by atoms with E-state index in [0.29, 0.717) is 31.1 Å². The van der Waals surface area contributed by atoms with E-state index in [1.54, 1.807) is 16.4 Å². The van der Waals surface area contributed by atoms with Crippen molar-refractivity contribution in [3.05, 3.63) is 65.7 Å². The molecule has 7 nitrogen and oxygen atoms in total. The Kier molecular flexibility index (Phi) is 10.6. The Morgan fingerprint density at radius 3 is 1.97 bits per heavy atom. The van der Waals surface area contributed by atoms with Gasteiger partial charge in [-0.15, -0.1) is 0 Å². The summed E-state index contributed by atoms with van der Waals surface area (Å²) in [7, 11) is -3.51. The number of hydrogen-bond donors (Lipinski definition) is 4. The van der Waals surface area contributed by atoms with Crippen LogP contribution in [0.5, 0.6) is 0 Å². The maximum atomic E-state index is 13.3. The number of rotatable bonds is 6. The average Bonchev–Trinajstić information content (AvgIpc) is 2.81. The zero-order valence-electron chi connectivity index (χ0n) is 18.9. The highest BCUT2D eigenvalue weighted by Gasteiger charge is 2.23. The second-order valence-corrected chi connectivity index (χ2v) is 10.0. The normalized spacial score (nSPS) is 18.1. The third-order valence-electron chi connectivity index (χ3n) is 5.55. The summed E-state index contributed by atoms with van der Waals surface area (Å²) in [5, 5.41) is 13.6. The summed E-state index contributed by atoms with van der Waals surface area (Å²) in [5.41, 5.74) is 2.30. The molecule has 176 valence electrons. The number of sulfonamides is 1. The van der Waals surface area contributed by atoms with Gasteiger partial charge in [0.2, 0.25) is 10.0 Å². The molecule has 8 heteroatoms. The quantitative estimate of drug-likeness (QED) is 0.524. The molecule has 0 aromatic heterocycles. The van der Waals surface area contributed by atoms with E-state index in [1.807, 2.05) is 30.3 Å². The van der Waals surface area contributed by atoms with Crippen LogP contribution in [0.2, 0.25) is 0 Å². The van der Waals surface area contributed by atoms with Crippen LogP contribution >= 0.6 is 0 Å². The summed E-state index contributed by atoms with van der Waals surface area (Å²) in [4.78, 5) is 0.364. The first-order valence-corrected chi connectivity index (χ1v) is 13.1. The molecule has 3 rings (SSSR count). The Hall–Kier alpha value is -1.81. The predicted molar refractivity (Wildman–Crippen MR) is 130 cm³/mol. The minimum absolute atomic E-state index is 0.364. The Morgan fingerprint density at radius 1 is 0.688 bits per heavy atom. The molecule has 0 spiro atoms. The van der Waals surface area contributed by atoms with Gasteiger partial charge in [0.25, 0.3) is 0 Å². The largest absolute Gasteiger partial charge is 0.315 e. The summed E-state index contributed by atoms with van der Waals surface area (Å²) in [6.45, 7) is 7.66. The van der Waals surface area contributed by atoms with Crippen molar-refractivity contribution in [2.75, 3.05) is 52.4 Å². The van der Waals surface area contributed by atoms with Crippen molar-refractivity contribution < 1.29 is 8.42 Å². The van der Waals surface area contributed by atoms with E-state index >= 15 is 0 Å². The van der Waals surface area contributed by atoms with Crippen molar-refractivity contribution in [2.45, 2.75) is 30.8 Å². The van der Waals surface area contributed by atoms with E-state index in [-0.39, 0.29) is 0 Å². The van der Waals surface area contributed by atoms with Gasteiger partial charge in [-0.25, -0.2) is 8.42 Å². The Balaban J connectivity index is 1.56. The van der Waals surface area contributed by atoms with E-state index in [0.717, 1.165) is 57.7 Å². The van der Waals surface area contributed by atoms with Gasteiger partial charge in [-0.3, -0.25) is 0 Å². The van der Waals surface area contributed by atoms with E-state index in [9.17, 15) is 8.42 Å². The molecule has 2 aromatic rings. The van der Waals surface area contributed by atoms with E-state index in [2.05, 4.69) is 33.4 Å². The second-order valence-electron chi connectivity index (χ2n) is 8.09. The smallest absolute Gasteiger partial charge is 0.243 e. The lowest BCUT2D eigenvalue weighted by Gasteiger charge is -2.23. The van der Waals surface area contributed by atoms with Crippen LogP contribution in [0.1, 0.15) is 24.0 Å². The Bertz CT molecular complexity index is 861. The van der Waals surface area contributed by atoms with Crippen molar-refractivity contribution in [1.82, 2.24) is 25.6 Å². The molecule has 0 radical (unpaired) electrons. The van der Waals surface area contributed by atoms with Crippen LogP contribution in [0.4, 0.5) is 0 Å². The molecule has 1 aliphatic heterocycles. The molecule has 1 heterocycles. The van der Waals surface area contributed by atoms with Gasteiger partial charge < -0.3 is 21.3 Å².